The van der Waals surface area contributed by atoms with Crippen molar-refractivity contribution in [2.45, 2.75) is 6.04 Å². The second-order valence-corrected chi connectivity index (χ2v) is 5.28. The fourth-order valence-electron chi connectivity index (χ4n) is 2.44. The smallest absolute Gasteiger partial charge is 0.290 e. The number of ether oxygens (including phenoxy) is 3. The number of amides is 1. The van der Waals surface area contributed by atoms with E-state index in [1.807, 2.05) is 42.1 Å². The van der Waals surface area contributed by atoms with E-state index in [-0.39, 0.29) is 11.7 Å². The fraction of sp³-hybridized carbons (Fsp3) is 0.294. The van der Waals surface area contributed by atoms with Crippen molar-refractivity contribution >= 4 is 5.91 Å². The summed E-state index contributed by atoms with van der Waals surface area (Å²) in [5.74, 6) is 1.27. The number of rotatable bonds is 5. The van der Waals surface area contributed by atoms with Crippen molar-refractivity contribution in [3.63, 3.8) is 0 Å². The lowest BCUT2D eigenvalue weighted by Gasteiger charge is -2.21. The number of nitrogens with one attached hydrogen (secondary N) is 1. The van der Waals surface area contributed by atoms with Crippen LogP contribution < -0.4 is 10.1 Å². The van der Waals surface area contributed by atoms with Crippen LogP contribution in [0.1, 0.15) is 17.4 Å². The summed E-state index contributed by atoms with van der Waals surface area (Å²) in [4.78, 5) is 16.8. The number of imidazole rings is 1. The quantitative estimate of drug-likeness (QED) is 0.900. The van der Waals surface area contributed by atoms with Crippen molar-refractivity contribution in [3.8, 4) is 5.75 Å². The highest BCUT2D eigenvalue weighted by molar-refractivity contribution is 5.91. The van der Waals surface area contributed by atoms with Crippen LogP contribution in [0.3, 0.4) is 0 Å². The Balaban J connectivity index is 1.88. The third-order valence-corrected chi connectivity index (χ3v) is 3.71. The molecule has 24 heavy (non-hydrogen) atoms. The summed E-state index contributed by atoms with van der Waals surface area (Å²) in [5, 5.41) is 2.95. The summed E-state index contributed by atoms with van der Waals surface area (Å²) in [5.41, 5.74) is 0.885. The van der Waals surface area contributed by atoms with E-state index in [0.717, 1.165) is 11.3 Å². The van der Waals surface area contributed by atoms with Crippen molar-refractivity contribution in [3.05, 3.63) is 60.1 Å². The SMILES string of the molecule is COc1ccc(C(NC(=O)C2=COCCO2)c2nccn2C)cc1. The van der Waals surface area contributed by atoms with Gasteiger partial charge in [-0.2, -0.15) is 0 Å². The second-order valence-electron chi connectivity index (χ2n) is 5.28. The van der Waals surface area contributed by atoms with Crippen LogP contribution in [0.2, 0.25) is 0 Å². The molecule has 7 heteroatoms. The van der Waals surface area contributed by atoms with Gasteiger partial charge in [0.1, 0.15) is 37.1 Å². The highest BCUT2D eigenvalue weighted by atomic mass is 16.6. The van der Waals surface area contributed by atoms with Crippen LogP contribution in [0.4, 0.5) is 0 Å². The van der Waals surface area contributed by atoms with E-state index in [2.05, 4.69) is 10.3 Å². The molecule has 3 rings (SSSR count). The normalized spacial score (nSPS) is 14.8. The molecule has 2 heterocycles. The van der Waals surface area contributed by atoms with Crippen LogP contribution in [0, 0.1) is 0 Å². The molecule has 0 bridgehead atoms. The standard InChI is InChI=1S/C17H19N3O4/c1-20-8-7-18-16(20)15(12-3-5-13(22-2)6-4-12)19-17(21)14-11-23-9-10-24-14/h3-8,11,15H,9-10H2,1-2H3,(H,19,21). The minimum Gasteiger partial charge on any atom is -0.497 e. The molecule has 0 radical (unpaired) electrons. The minimum absolute atomic E-state index is 0.161. The third-order valence-electron chi connectivity index (χ3n) is 3.71. The Hall–Kier alpha value is -2.96. The molecule has 1 aromatic carbocycles. The van der Waals surface area contributed by atoms with Crippen molar-refractivity contribution < 1.29 is 19.0 Å². The molecule has 1 aliphatic rings. The molecule has 0 aliphatic carbocycles. The van der Waals surface area contributed by atoms with Crippen LogP contribution in [0.15, 0.2) is 48.7 Å². The van der Waals surface area contributed by atoms with Crippen LogP contribution in [0.5, 0.6) is 5.75 Å². The number of carbonyl (C=O) groups excluding carboxylic acids is 1. The molecule has 0 saturated heterocycles. The Morgan fingerprint density at radius 1 is 1.33 bits per heavy atom. The zero-order chi connectivity index (χ0) is 16.9. The average Bonchev–Trinajstić information content (AvgIpc) is 3.06. The summed E-state index contributed by atoms with van der Waals surface area (Å²) in [6, 6.07) is 7.05. The maximum absolute atomic E-state index is 12.5. The molecule has 2 aromatic rings. The summed E-state index contributed by atoms with van der Waals surface area (Å²) in [6.45, 7) is 0.799. The van der Waals surface area contributed by atoms with Gasteiger partial charge in [-0.15, -0.1) is 0 Å². The largest absolute Gasteiger partial charge is 0.497 e. The van der Waals surface area contributed by atoms with Gasteiger partial charge in [0, 0.05) is 19.4 Å². The van der Waals surface area contributed by atoms with E-state index in [4.69, 9.17) is 14.2 Å². The Morgan fingerprint density at radius 2 is 2.12 bits per heavy atom. The average molecular weight is 329 g/mol. The zero-order valence-electron chi connectivity index (χ0n) is 13.6. The zero-order valence-corrected chi connectivity index (χ0v) is 13.6. The van der Waals surface area contributed by atoms with Gasteiger partial charge in [-0.3, -0.25) is 4.79 Å². The molecular weight excluding hydrogens is 310 g/mol. The Labute approximate surface area is 139 Å². The van der Waals surface area contributed by atoms with E-state index in [0.29, 0.717) is 19.0 Å². The highest BCUT2D eigenvalue weighted by Crippen LogP contribution is 2.23. The summed E-state index contributed by atoms with van der Waals surface area (Å²) >= 11 is 0. The van der Waals surface area contributed by atoms with E-state index in [9.17, 15) is 4.79 Å². The molecular formula is C17H19N3O4. The first-order chi connectivity index (χ1) is 11.7. The molecule has 1 aliphatic heterocycles. The summed E-state index contributed by atoms with van der Waals surface area (Å²) in [7, 11) is 3.49. The van der Waals surface area contributed by atoms with Crippen molar-refractivity contribution in [1.82, 2.24) is 14.9 Å². The first-order valence-electron chi connectivity index (χ1n) is 7.55. The molecule has 1 N–H and O–H groups in total. The first-order valence-corrected chi connectivity index (χ1v) is 7.55. The lowest BCUT2D eigenvalue weighted by Crippen LogP contribution is -2.33. The predicted octanol–water partition coefficient (Wildman–Crippen LogP) is 1.52. The van der Waals surface area contributed by atoms with Crippen LogP contribution in [0.25, 0.3) is 0 Å². The van der Waals surface area contributed by atoms with Gasteiger partial charge >= 0.3 is 0 Å². The van der Waals surface area contributed by atoms with Gasteiger partial charge in [-0.05, 0) is 17.7 Å². The number of methoxy groups -OCH3 is 1. The molecule has 1 amide bonds. The highest BCUT2D eigenvalue weighted by Gasteiger charge is 2.24. The Morgan fingerprint density at radius 3 is 2.71 bits per heavy atom. The lowest BCUT2D eigenvalue weighted by atomic mass is 10.1. The number of aromatic nitrogens is 2. The minimum atomic E-state index is -0.421. The number of hydrogen-bond donors (Lipinski definition) is 1. The van der Waals surface area contributed by atoms with Crippen molar-refractivity contribution in [1.29, 1.82) is 0 Å². The molecule has 7 nitrogen and oxygen atoms in total. The first kappa shape index (κ1) is 15.9. The van der Waals surface area contributed by atoms with Gasteiger partial charge in [0.2, 0.25) is 5.76 Å². The van der Waals surface area contributed by atoms with E-state index in [1.54, 1.807) is 13.3 Å². The van der Waals surface area contributed by atoms with E-state index in [1.165, 1.54) is 6.26 Å². The summed E-state index contributed by atoms with van der Waals surface area (Å²) in [6.07, 6.45) is 4.86. The number of nitrogens with zero attached hydrogens (tertiary/aromatic N) is 2. The van der Waals surface area contributed by atoms with Gasteiger partial charge in [0.05, 0.1) is 7.11 Å². The van der Waals surface area contributed by atoms with Crippen molar-refractivity contribution in [2.24, 2.45) is 7.05 Å². The Kier molecular flexibility index (Phi) is 4.69. The molecule has 126 valence electrons. The molecule has 0 saturated carbocycles. The maximum Gasteiger partial charge on any atom is 0.290 e. The lowest BCUT2D eigenvalue weighted by molar-refractivity contribution is -0.122. The van der Waals surface area contributed by atoms with Crippen LogP contribution in [-0.4, -0.2) is 35.8 Å². The van der Waals surface area contributed by atoms with Gasteiger partial charge in [0.25, 0.3) is 5.91 Å². The number of benzene rings is 1. The number of carbonyl (C=O) groups is 1. The van der Waals surface area contributed by atoms with Crippen LogP contribution in [-0.2, 0) is 21.3 Å². The number of hydrogen-bond acceptors (Lipinski definition) is 5. The van der Waals surface area contributed by atoms with Gasteiger partial charge in [0.15, 0.2) is 0 Å². The second kappa shape index (κ2) is 7.08. The monoisotopic (exact) mass is 329 g/mol. The fourth-order valence-corrected chi connectivity index (χ4v) is 2.44. The van der Waals surface area contributed by atoms with Gasteiger partial charge in [-0.25, -0.2) is 4.98 Å². The molecule has 0 spiro atoms. The van der Waals surface area contributed by atoms with Gasteiger partial charge in [-0.1, -0.05) is 12.1 Å². The topological polar surface area (TPSA) is 74.6 Å². The van der Waals surface area contributed by atoms with E-state index < -0.39 is 6.04 Å². The van der Waals surface area contributed by atoms with E-state index >= 15 is 0 Å². The van der Waals surface area contributed by atoms with Gasteiger partial charge < -0.3 is 24.1 Å². The maximum atomic E-state index is 12.5. The summed E-state index contributed by atoms with van der Waals surface area (Å²) < 4.78 is 17.5. The van der Waals surface area contributed by atoms with Crippen LogP contribution >= 0.6 is 0 Å². The Bertz CT molecular complexity index is 737. The predicted molar refractivity (Wildman–Crippen MR) is 86.2 cm³/mol. The molecule has 1 unspecified atom stereocenters. The molecule has 0 fully saturated rings. The third kappa shape index (κ3) is 3.34. The number of aryl methyl sites for hydroxylation is 1. The molecule has 1 aromatic heterocycles. The van der Waals surface area contributed by atoms with Crippen molar-refractivity contribution in [2.75, 3.05) is 20.3 Å². The molecule has 1 atom stereocenters.